The number of nitrogens with one attached hydrogen (secondary N) is 2. The summed E-state index contributed by atoms with van der Waals surface area (Å²) in [5.41, 5.74) is 0.341. The number of carbonyl (C=O) groups is 1. The SMILES string of the molecule is CN(C)C1(CNCCN2CCNC2=O)CCCC1. The van der Waals surface area contributed by atoms with Gasteiger partial charge in [0.05, 0.1) is 0 Å². The standard InChI is InChI=1S/C13H26N4O/c1-16(2)13(5-3-4-6-13)11-14-7-9-17-10-8-15-12(17)18/h14H,3-11H2,1-2H3,(H,15,18). The molecule has 18 heavy (non-hydrogen) atoms. The van der Waals surface area contributed by atoms with Crippen molar-refractivity contribution in [3.63, 3.8) is 0 Å². The normalized spacial score (nSPS) is 22.8. The number of hydrogen-bond donors (Lipinski definition) is 2. The number of rotatable bonds is 6. The van der Waals surface area contributed by atoms with Crippen molar-refractivity contribution in [2.75, 3.05) is 46.8 Å². The molecule has 0 aromatic rings. The highest BCUT2D eigenvalue weighted by Gasteiger charge is 2.35. The molecular formula is C13H26N4O. The summed E-state index contributed by atoms with van der Waals surface area (Å²) < 4.78 is 0. The van der Waals surface area contributed by atoms with Gasteiger partial charge in [-0.05, 0) is 26.9 Å². The van der Waals surface area contributed by atoms with Crippen molar-refractivity contribution in [1.82, 2.24) is 20.4 Å². The van der Waals surface area contributed by atoms with Crippen LogP contribution in [-0.2, 0) is 0 Å². The zero-order chi connectivity index (χ0) is 13.0. The van der Waals surface area contributed by atoms with Crippen LogP contribution in [0.4, 0.5) is 4.79 Å². The van der Waals surface area contributed by atoms with Crippen molar-refractivity contribution in [2.45, 2.75) is 31.2 Å². The zero-order valence-corrected chi connectivity index (χ0v) is 11.7. The van der Waals surface area contributed by atoms with E-state index < -0.39 is 0 Å². The minimum absolute atomic E-state index is 0.0833. The van der Waals surface area contributed by atoms with Crippen molar-refractivity contribution < 1.29 is 4.79 Å². The van der Waals surface area contributed by atoms with Gasteiger partial charge in [-0.25, -0.2) is 4.79 Å². The van der Waals surface area contributed by atoms with Crippen LogP contribution in [0.15, 0.2) is 0 Å². The van der Waals surface area contributed by atoms with Crippen molar-refractivity contribution in [2.24, 2.45) is 0 Å². The molecule has 0 aromatic heterocycles. The van der Waals surface area contributed by atoms with Gasteiger partial charge >= 0.3 is 6.03 Å². The van der Waals surface area contributed by atoms with Crippen LogP contribution in [0, 0.1) is 0 Å². The fraction of sp³-hybridized carbons (Fsp3) is 0.923. The lowest BCUT2D eigenvalue weighted by Crippen LogP contribution is -2.50. The average Bonchev–Trinajstić information content (AvgIpc) is 2.95. The van der Waals surface area contributed by atoms with Crippen LogP contribution < -0.4 is 10.6 Å². The molecule has 2 rings (SSSR count). The summed E-state index contributed by atoms with van der Waals surface area (Å²) in [6, 6.07) is 0.0833. The molecule has 1 saturated carbocycles. The van der Waals surface area contributed by atoms with Crippen LogP contribution in [-0.4, -0.2) is 68.2 Å². The molecule has 0 unspecified atom stereocenters. The monoisotopic (exact) mass is 254 g/mol. The van der Waals surface area contributed by atoms with E-state index in [4.69, 9.17) is 0 Å². The first-order valence-corrected chi connectivity index (χ1v) is 7.05. The number of carbonyl (C=O) groups excluding carboxylic acids is 1. The first kappa shape index (κ1) is 13.6. The Kier molecular flexibility index (Phi) is 4.45. The van der Waals surface area contributed by atoms with E-state index in [-0.39, 0.29) is 6.03 Å². The minimum atomic E-state index is 0.0833. The molecule has 0 radical (unpaired) electrons. The summed E-state index contributed by atoms with van der Waals surface area (Å²) >= 11 is 0. The first-order valence-electron chi connectivity index (χ1n) is 7.05. The Labute approximate surface area is 110 Å². The first-order chi connectivity index (χ1) is 8.64. The van der Waals surface area contributed by atoms with Gasteiger partial charge in [0.1, 0.15) is 0 Å². The zero-order valence-electron chi connectivity index (χ0n) is 11.7. The van der Waals surface area contributed by atoms with Gasteiger partial charge in [0.15, 0.2) is 0 Å². The molecule has 0 bridgehead atoms. The van der Waals surface area contributed by atoms with Gasteiger partial charge in [0, 0.05) is 38.3 Å². The Bertz CT molecular complexity index is 287. The van der Waals surface area contributed by atoms with Crippen LogP contribution in [0.5, 0.6) is 0 Å². The van der Waals surface area contributed by atoms with Gasteiger partial charge in [0.25, 0.3) is 0 Å². The number of urea groups is 1. The lowest BCUT2D eigenvalue weighted by atomic mass is 9.96. The fourth-order valence-electron chi connectivity index (χ4n) is 3.07. The Morgan fingerprint density at radius 3 is 2.67 bits per heavy atom. The minimum Gasteiger partial charge on any atom is -0.336 e. The maximum absolute atomic E-state index is 11.4. The van der Waals surface area contributed by atoms with E-state index in [9.17, 15) is 4.79 Å². The van der Waals surface area contributed by atoms with E-state index in [0.29, 0.717) is 5.54 Å². The van der Waals surface area contributed by atoms with Crippen LogP contribution in [0.1, 0.15) is 25.7 Å². The molecule has 1 aliphatic heterocycles. The summed E-state index contributed by atoms with van der Waals surface area (Å²) in [6.07, 6.45) is 5.26. The lowest BCUT2D eigenvalue weighted by molar-refractivity contribution is 0.153. The molecule has 2 amide bonds. The highest BCUT2D eigenvalue weighted by molar-refractivity contribution is 5.76. The van der Waals surface area contributed by atoms with Crippen molar-refractivity contribution >= 4 is 6.03 Å². The summed E-state index contributed by atoms with van der Waals surface area (Å²) in [7, 11) is 4.36. The van der Waals surface area contributed by atoms with Gasteiger partial charge in [0.2, 0.25) is 0 Å². The number of hydrogen-bond acceptors (Lipinski definition) is 3. The number of amides is 2. The molecule has 0 atom stereocenters. The second kappa shape index (κ2) is 5.89. The molecule has 1 aliphatic carbocycles. The molecule has 2 aliphatic rings. The van der Waals surface area contributed by atoms with Crippen molar-refractivity contribution in [1.29, 1.82) is 0 Å². The molecule has 2 fully saturated rings. The van der Waals surface area contributed by atoms with E-state index >= 15 is 0 Å². The van der Waals surface area contributed by atoms with Crippen molar-refractivity contribution in [3.8, 4) is 0 Å². The third-order valence-electron chi connectivity index (χ3n) is 4.44. The van der Waals surface area contributed by atoms with Gasteiger partial charge in [-0.15, -0.1) is 0 Å². The highest BCUT2D eigenvalue weighted by Crippen LogP contribution is 2.32. The lowest BCUT2D eigenvalue weighted by Gasteiger charge is -2.36. The third-order valence-corrected chi connectivity index (χ3v) is 4.44. The molecule has 5 nitrogen and oxygen atoms in total. The topological polar surface area (TPSA) is 47.6 Å². The van der Waals surface area contributed by atoms with E-state index in [0.717, 1.165) is 32.7 Å². The summed E-state index contributed by atoms with van der Waals surface area (Å²) in [6.45, 7) is 4.38. The Hall–Kier alpha value is -0.810. The molecule has 2 N–H and O–H groups in total. The van der Waals surface area contributed by atoms with Crippen molar-refractivity contribution in [3.05, 3.63) is 0 Å². The summed E-state index contributed by atoms with van der Waals surface area (Å²) in [5, 5.41) is 6.36. The third kappa shape index (κ3) is 2.95. The van der Waals surface area contributed by atoms with E-state index in [2.05, 4.69) is 29.6 Å². The predicted molar refractivity (Wildman–Crippen MR) is 72.7 cm³/mol. The predicted octanol–water partition coefficient (Wildman–Crippen LogP) is 0.476. The number of likely N-dealkylation sites (N-methyl/N-ethyl adjacent to an activating group) is 1. The quantitative estimate of drug-likeness (QED) is 0.678. The van der Waals surface area contributed by atoms with Crippen LogP contribution in [0.2, 0.25) is 0 Å². The maximum atomic E-state index is 11.4. The Balaban J connectivity index is 1.69. The largest absolute Gasteiger partial charge is 0.336 e. The van der Waals surface area contributed by atoms with E-state index in [1.54, 1.807) is 0 Å². The molecule has 1 heterocycles. The average molecular weight is 254 g/mol. The highest BCUT2D eigenvalue weighted by atomic mass is 16.2. The number of nitrogens with zero attached hydrogens (tertiary/aromatic N) is 2. The van der Waals surface area contributed by atoms with Gasteiger partial charge < -0.3 is 20.4 Å². The van der Waals surface area contributed by atoms with Crippen LogP contribution >= 0.6 is 0 Å². The van der Waals surface area contributed by atoms with Gasteiger partial charge in [-0.1, -0.05) is 12.8 Å². The Morgan fingerprint density at radius 2 is 2.11 bits per heavy atom. The Morgan fingerprint density at radius 1 is 1.39 bits per heavy atom. The summed E-state index contributed by atoms with van der Waals surface area (Å²) in [5.74, 6) is 0. The summed E-state index contributed by atoms with van der Waals surface area (Å²) in [4.78, 5) is 15.6. The van der Waals surface area contributed by atoms with Crippen LogP contribution in [0.3, 0.4) is 0 Å². The van der Waals surface area contributed by atoms with E-state index in [1.807, 2.05) is 4.90 Å². The molecule has 0 aromatic carbocycles. The second-order valence-corrected chi connectivity index (χ2v) is 5.72. The second-order valence-electron chi connectivity index (χ2n) is 5.72. The molecule has 5 heteroatoms. The van der Waals surface area contributed by atoms with Crippen LogP contribution in [0.25, 0.3) is 0 Å². The van der Waals surface area contributed by atoms with Gasteiger partial charge in [-0.3, -0.25) is 0 Å². The van der Waals surface area contributed by atoms with E-state index in [1.165, 1.54) is 25.7 Å². The molecule has 0 spiro atoms. The maximum Gasteiger partial charge on any atom is 0.317 e. The fourth-order valence-corrected chi connectivity index (χ4v) is 3.07. The molecular weight excluding hydrogens is 228 g/mol. The smallest absolute Gasteiger partial charge is 0.317 e. The van der Waals surface area contributed by atoms with Gasteiger partial charge in [-0.2, -0.15) is 0 Å². The molecule has 104 valence electrons. The molecule has 1 saturated heterocycles.